The average Bonchev–Trinajstić information content (AvgIpc) is 3.21. The summed E-state index contributed by atoms with van der Waals surface area (Å²) in [6.45, 7) is 3.32. The fourth-order valence-electron chi connectivity index (χ4n) is 5.02. The highest BCUT2D eigenvalue weighted by molar-refractivity contribution is 5.81. The zero-order valence-corrected chi connectivity index (χ0v) is 18.1. The third-order valence-electron chi connectivity index (χ3n) is 6.95. The van der Waals surface area contributed by atoms with Crippen LogP contribution in [-0.2, 0) is 11.0 Å². The van der Waals surface area contributed by atoms with Crippen LogP contribution in [0.2, 0.25) is 0 Å². The summed E-state index contributed by atoms with van der Waals surface area (Å²) in [5.41, 5.74) is -0.312. The minimum Gasteiger partial charge on any atom is -0.341 e. The van der Waals surface area contributed by atoms with Crippen LogP contribution in [0.5, 0.6) is 0 Å². The molecule has 9 heteroatoms. The summed E-state index contributed by atoms with van der Waals surface area (Å²) in [4.78, 5) is 17.2. The Bertz CT molecular complexity index is 921. The van der Waals surface area contributed by atoms with E-state index in [1.807, 2.05) is 18.9 Å². The van der Waals surface area contributed by atoms with Crippen molar-refractivity contribution in [3.05, 3.63) is 29.7 Å². The molecule has 2 aromatic rings. The van der Waals surface area contributed by atoms with E-state index >= 15 is 0 Å². The maximum atomic E-state index is 13.2. The van der Waals surface area contributed by atoms with Gasteiger partial charge in [-0.1, -0.05) is 19.3 Å². The van der Waals surface area contributed by atoms with Crippen LogP contribution in [0.15, 0.2) is 18.3 Å². The number of hydrogen-bond acceptors (Lipinski definition) is 4. The fourth-order valence-corrected chi connectivity index (χ4v) is 5.02. The van der Waals surface area contributed by atoms with Crippen molar-refractivity contribution in [2.45, 2.75) is 76.0 Å². The zero-order chi connectivity index (χ0) is 22.2. The van der Waals surface area contributed by atoms with Gasteiger partial charge >= 0.3 is 6.18 Å². The molecule has 3 heterocycles. The van der Waals surface area contributed by atoms with Gasteiger partial charge in [-0.3, -0.25) is 14.1 Å². The first-order chi connectivity index (χ1) is 14.8. The van der Waals surface area contributed by atoms with Crippen molar-refractivity contribution in [3.8, 4) is 0 Å². The smallest absolute Gasteiger partial charge is 0.341 e. The molecule has 1 aliphatic heterocycles. The summed E-state index contributed by atoms with van der Waals surface area (Å²) < 4.78 is 41.0. The van der Waals surface area contributed by atoms with Crippen molar-refractivity contribution < 1.29 is 18.0 Å². The number of rotatable bonds is 4. The highest BCUT2D eigenvalue weighted by atomic mass is 19.4. The molecule has 0 spiro atoms. The van der Waals surface area contributed by atoms with Crippen molar-refractivity contribution in [2.75, 3.05) is 20.1 Å². The Kier molecular flexibility index (Phi) is 6.23. The predicted molar refractivity (Wildman–Crippen MR) is 111 cm³/mol. The minimum atomic E-state index is -4.42. The van der Waals surface area contributed by atoms with Crippen molar-refractivity contribution in [3.63, 3.8) is 0 Å². The average molecular weight is 438 g/mol. The van der Waals surface area contributed by atoms with Crippen molar-refractivity contribution in [1.82, 2.24) is 24.4 Å². The number of carbonyl (C=O) groups excluding carboxylic acids is 1. The second-order valence-corrected chi connectivity index (χ2v) is 8.95. The van der Waals surface area contributed by atoms with E-state index in [4.69, 9.17) is 0 Å². The molecule has 1 amide bonds. The van der Waals surface area contributed by atoms with Crippen molar-refractivity contribution in [1.29, 1.82) is 0 Å². The molecule has 6 nitrogen and oxygen atoms in total. The van der Waals surface area contributed by atoms with Gasteiger partial charge in [0.2, 0.25) is 5.91 Å². The molecule has 0 N–H and O–H groups in total. The maximum absolute atomic E-state index is 13.2. The highest BCUT2D eigenvalue weighted by Crippen LogP contribution is 2.32. The molecule has 170 valence electrons. The molecule has 4 rings (SSSR count). The fraction of sp³-hybridized carbons (Fsp3) is 0.682. The molecule has 0 radical (unpaired) electrons. The van der Waals surface area contributed by atoms with Gasteiger partial charge in [0, 0.05) is 31.7 Å². The first-order valence-corrected chi connectivity index (χ1v) is 11.2. The number of fused-ring (bicyclic) bond motifs is 1. The molecule has 2 aliphatic rings. The Morgan fingerprint density at radius 1 is 1.13 bits per heavy atom. The first kappa shape index (κ1) is 22.0. The van der Waals surface area contributed by atoms with Crippen LogP contribution in [0.1, 0.15) is 69.2 Å². The lowest BCUT2D eigenvalue weighted by molar-refractivity contribution is -0.139. The quantitative estimate of drug-likeness (QED) is 0.723. The van der Waals surface area contributed by atoms with E-state index < -0.39 is 11.7 Å². The number of likely N-dealkylation sites (N-methyl/N-ethyl adjacent to an activating group) is 1. The number of halogens is 3. The number of carbonyl (C=O) groups is 1. The monoisotopic (exact) mass is 437 g/mol. The predicted octanol–water partition coefficient (Wildman–Crippen LogP) is 4.11. The molecule has 1 aliphatic carbocycles. The number of hydrogen-bond donors (Lipinski definition) is 0. The second kappa shape index (κ2) is 8.76. The molecule has 2 unspecified atom stereocenters. The lowest BCUT2D eigenvalue weighted by atomic mass is 9.93. The van der Waals surface area contributed by atoms with Gasteiger partial charge in [-0.2, -0.15) is 13.2 Å². The first-order valence-electron chi connectivity index (χ1n) is 11.2. The number of likely N-dealkylation sites (tertiary alicyclic amines) is 1. The number of nitrogens with zero attached hydrogens (tertiary/aromatic N) is 5. The van der Waals surface area contributed by atoms with Crippen LogP contribution >= 0.6 is 0 Å². The molecule has 1 saturated carbocycles. The van der Waals surface area contributed by atoms with Crippen LogP contribution in [0.3, 0.4) is 0 Å². The lowest BCUT2D eigenvalue weighted by Gasteiger charge is -2.39. The summed E-state index contributed by atoms with van der Waals surface area (Å²) in [6, 6.07) is 2.43. The van der Waals surface area contributed by atoms with Gasteiger partial charge in [-0.05, 0) is 51.3 Å². The maximum Gasteiger partial charge on any atom is 0.417 e. The van der Waals surface area contributed by atoms with E-state index in [0.29, 0.717) is 24.1 Å². The summed E-state index contributed by atoms with van der Waals surface area (Å²) in [7, 11) is 1.90. The lowest BCUT2D eigenvalue weighted by Crippen LogP contribution is -2.51. The van der Waals surface area contributed by atoms with E-state index in [0.717, 1.165) is 44.5 Å². The number of pyridine rings is 1. The zero-order valence-electron chi connectivity index (χ0n) is 18.1. The number of piperidine rings is 1. The molecule has 31 heavy (non-hydrogen) atoms. The van der Waals surface area contributed by atoms with E-state index in [1.54, 1.807) is 0 Å². The molecule has 1 saturated heterocycles. The van der Waals surface area contributed by atoms with E-state index in [9.17, 15) is 18.0 Å². The Labute approximate surface area is 180 Å². The van der Waals surface area contributed by atoms with Gasteiger partial charge in [0.05, 0.1) is 11.6 Å². The van der Waals surface area contributed by atoms with Crippen LogP contribution in [0.4, 0.5) is 13.2 Å². The van der Waals surface area contributed by atoms with Gasteiger partial charge in [0.15, 0.2) is 5.65 Å². The van der Waals surface area contributed by atoms with Crippen LogP contribution in [0, 0.1) is 0 Å². The summed E-state index contributed by atoms with van der Waals surface area (Å²) in [6.07, 6.45) is 4.04. The second-order valence-electron chi connectivity index (χ2n) is 8.95. The third-order valence-corrected chi connectivity index (χ3v) is 6.95. The van der Waals surface area contributed by atoms with Crippen LogP contribution in [-0.4, -0.2) is 62.5 Å². The third kappa shape index (κ3) is 4.56. The van der Waals surface area contributed by atoms with Crippen LogP contribution < -0.4 is 0 Å². The standard InChI is InChI=1S/C22H30F3N5O/c1-15(21(31)28(2)18-8-4-3-5-9-18)29-12-6-7-16(13-29)20-27-26-19-11-10-17(14-30(19)20)22(23,24)25/h10-11,14-16,18H,3-9,12-13H2,1-2H3. The number of aromatic nitrogens is 3. The highest BCUT2D eigenvalue weighted by Gasteiger charge is 2.35. The summed E-state index contributed by atoms with van der Waals surface area (Å²) >= 11 is 0. The molecule has 2 fully saturated rings. The minimum absolute atomic E-state index is 0.0672. The topological polar surface area (TPSA) is 53.7 Å². The normalized spacial score (nSPS) is 22.5. The molecular formula is C22H30F3N5O. The molecule has 2 aromatic heterocycles. The van der Waals surface area contributed by atoms with Gasteiger partial charge in [-0.15, -0.1) is 10.2 Å². The number of alkyl halides is 3. The van der Waals surface area contributed by atoms with Crippen LogP contribution in [0.25, 0.3) is 5.65 Å². The van der Waals surface area contributed by atoms with Gasteiger partial charge < -0.3 is 4.90 Å². The SMILES string of the molecule is CC(C(=O)N(C)C1CCCCC1)N1CCCC(c2nnc3ccc(C(F)(F)F)cn23)C1. The van der Waals surface area contributed by atoms with Gasteiger partial charge in [0.1, 0.15) is 5.82 Å². The van der Waals surface area contributed by atoms with Gasteiger partial charge in [0.25, 0.3) is 0 Å². The molecular weight excluding hydrogens is 407 g/mol. The Morgan fingerprint density at radius 3 is 2.58 bits per heavy atom. The largest absolute Gasteiger partial charge is 0.417 e. The van der Waals surface area contributed by atoms with Crippen molar-refractivity contribution in [2.24, 2.45) is 0 Å². The van der Waals surface area contributed by atoms with E-state index in [1.165, 1.54) is 29.7 Å². The van der Waals surface area contributed by atoms with E-state index in [2.05, 4.69) is 15.1 Å². The molecule has 2 atom stereocenters. The Hall–Kier alpha value is -2.16. The Balaban J connectivity index is 1.50. The summed E-state index contributed by atoms with van der Waals surface area (Å²) in [5, 5.41) is 8.28. The Morgan fingerprint density at radius 2 is 1.87 bits per heavy atom. The number of amides is 1. The van der Waals surface area contributed by atoms with E-state index in [-0.39, 0.29) is 17.9 Å². The summed E-state index contributed by atoms with van der Waals surface area (Å²) in [5.74, 6) is 0.589. The molecule has 0 aromatic carbocycles. The molecule has 0 bridgehead atoms. The van der Waals surface area contributed by atoms with Gasteiger partial charge in [-0.25, -0.2) is 0 Å². The van der Waals surface area contributed by atoms with Crippen molar-refractivity contribution >= 4 is 11.6 Å².